The first kappa shape index (κ1) is 36.1. The number of alkyl halides is 3. The van der Waals surface area contributed by atoms with Crippen LogP contribution in [0.3, 0.4) is 0 Å². The Hall–Kier alpha value is -5.30. The van der Waals surface area contributed by atoms with E-state index >= 15 is 8.78 Å². The van der Waals surface area contributed by atoms with Crippen LogP contribution in [0.1, 0.15) is 63.0 Å². The average molecular weight is 767 g/mol. The van der Waals surface area contributed by atoms with Gasteiger partial charge in [0.1, 0.15) is 23.3 Å². The molecule has 2 aliphatic rings. The fourth-order valence-electron chi connectivity index (χ4n) is 6.75. The lowest BCUT2D eigenvalue weighted by Gasteiger charge is -2.29. The molecule has 1 unspecified atom stereocenters. The molecule has 7 rings (SSSR count). The number of fused-ring (bicyclic) bond motifs is 1. The van der Waals surface area contributed by atoms with Gasteiger partial charge < -0.3 is 5.73 Å². The van der Waals surface area contributed by atoms with Crippen LogP contribution < -0.4 is 5.73 Å². The topological polar surface area (TPSA) is 115 Å². The van der Waals surface area contributed by atoms with Crippen LogP contribution in [0.15, 0.2) is 89.7 Å². The number of hydrogen-bond donors (Lipinski definition) is 1. The molecule has 0 saturated heterocycles. The fourth-order valence-corrected chi connectivity index (χ4v) is 8.47. The maximum Gasteiger partial charge on any atom is 0.416 e. The molecule has 0 radical (unpaired) electrons. The summed E-state index contributed by atoms with van der Waals surface area (Å²) >= 11 is 6.66. The number of carbonyl (C=O) groups excluding carboxylic acids is 2. The quantitative estimate of drug-likeness (QED) is 0.133. The Morgan fingerprint density at radius 1 is 1.00 bits per heavy atom. The van der Waals surface area contributed by atoms with Gasteiger partial charge in [0.2, 0.25) is 5.91 Å². The molecule has 272 valence electrons. The van der Waals surface area contributed by atoms with Crippen molar-refractivity contribution in [2.24, 2.45) is 5.73 Å². The number of halogens is 6. The smallest absolute Gasteiger partial charge is 0.366 e. The van der Waals surface area contributed by atoms with Gasteiger partial charge in [-0.3, -0.25) is 13.8 Å². The molecule has 2 N–H and O–H groups in total. The van der Waals surface area contributed by atoms with Crippen LogP contribution in [-0.4, -0.2) is 40.9 Å². The van der Waals surface area contributed by atoms with Gasteiger partial charge in [-0.15, -0.1) is 0 Å². The van der Waals surface area contributed by atoms with Crippen LogP contribution in [0.5, 0.6) is 0 Å². The molecule has 1 fully saturated rings. The van der Waals surface area contributed by atoms with E-state index < -0.39 is 69.3 Å². The molecule has 2 heterocycles. The van der Waals surface area contributed by atoms with Crippen molar-refractivity contribution < 1.29 is 40.0 Å². The third-order valence-corrected chi connectivity index (χ3v) is 11.7. The van der Waals surface area contributed by atoms with Gasteiger partial charge in [0.05, 0.1) is 28.3 Å². The number of rotatable bonds is 7. The van der Waals surface area contributed by atoms with Crippen molar-refractivity contribution in [3.63, 3.8) is 0 Å². The first-order valence-corrected chi connectivity index (χ1v) is 18.1. The van der Waals surface area contributed by atoms with E-state index in [-0.39, 0.29) is 50.0 Å². The number of benzene rings is 4. The molecule has 0 bridgehead atoms. The van der Waals surface area contributed by atoms with E-state index in [1.165, 1.54) is 30.5 Å². The SMILES string of the molecule is Cc1ccc(S(=O)(=O)N2CC(c3cc(F)ccc3Cl)c3c(cc(-c4cnn(C5CC5)c4)cc3-c3c(F)cc(C(F)(F)F)cc3C(N)=O)CC2=C=O)cc1. The number of aromatic nitrogens is 2. The van der Waals surface area contributed by atoms with Crippen LogP contribution in [0.2, 0.25) is 5.02 Å². The zero-order chi connectivity index (χ0) is 38.0. The summed E-state index contributed by atoms with van der Waals surface area (Å²) in [5.74, 6) is -3.14. The summed E-state index contributed by atoms with van der Waals surface area (Å²) in [7, 11) is -4.53. The molecule has 1 saturated carbocycles. The van der Waals surface area contributed by atoms with Gasteiger partial charge in [-0.1, -0.05) is 35.4 Å². The monoisotopic (exact) mass is 766 g/mol. The number of hydrogen-bond acceptors (Lipinski definition) is 5. The van der Waals surface area contributed by atoms with Gasteiger partial charge >= 0.3 is 6.18 Å². The van der Waals surface area contributed by atoms with Crippen LogP contribution in [0, 0.1) is 18.6 Å². The Morgan fingerprint density at radius 2 is 1.72 bits per heavy atom. The lowest BCUT2D eigenvalue weighted by atomic mass is 9.79. The van der Waals surface area contributed by atoms with E-state index in [9.17, 15) is 31.2 Å². The number of aryl methyl sites for hydroxylation is 1. The van der Waals surface area contributed by atoms with Crippen molar-refractivity contribution in [2.45, 2.75) is 49.2 Å². The highest BCUT2D eigenvalue weighted by molar-refractivity contribution is 7.89. The van der Waals surface area contributed by atoms with Gasteiger partial charge in [-0.2, -0.15) is 18.3 Å². The maximum atomic E-state index is 16.4. The van der Waals surface area contributed by atoms with E-state index in [4.69, 9.17) is 17.3 Å². The Labute approximate surface area is 305 Å². The van der Waals surface area contributed by atoms with Gasteiger partial charge in [0.25, 0.3) is 10.0 Å². The van der Waals surface area contributed by atoms with Gasteiger partial charge in [-0.05, 0) is 96.1 Å². The molecule has 15 heteroatoms. The first-order chi connectivity index (χ1) is 25.1. The van der Waals surface area contributed by atoms with Crippen molar-refractivity contribution >= 4 is 33.5 Å². The van der Waals surface area contributed by atoms with Crippen LogP contribution in [0.25, 0.3) is 22.3 Å². The number of nitrogens with two attached hydrogens (primary N) is 1. The molecule has 1 aliphatic carbocycles. The van der Waals surface area contributed by atoms with Gasteiger partial charge in [-0.25, -0.2) is 22.0 Å². The molecule has 1 aliphatic heterocycles. The highest BCUT2D eigenvalue weighted by Crippen LogP contribution is 2.47. The standard InChI is InChI=1S/C38H28ClF5N4O4S/c1-20-2-7-28(8-3-20)53(51,52)48-18-32(29-15-25(40)4-9-33(29)39)35-22(11-27(48)19-49)10-21(23-16-46-47(17-23)26-5-6-26)12-30(35)36-31(37(45)50)13-24(14-34(36)41)38(42,43)44/h2-4,7-10,12-17,26,32H,5-6,11,18H2,1H3,(H2,45,50). The molecule has 1 aromatic heterocycles. The Kier molecular flexibility index (Phi) is 9.04. The van der Waals surface area contributed by atoms with E-state index in [2.05, 4.69) is 5.10 Å². The number of allylic oxidation sites excluding steroid dienone is 1. The minimum Gasteiger partial charge on any atom is -0.366 e. The highest BCUT2D eigenvalue weighted by Gasteiger charge is 2.40. The predicted molar refractivity (Wildman–Crippen MR) is 186 cm³/mol. The third-order valence-electron chi connectivity index (χ3n) is 9.49. The number of sulfonamides is 1. The molecular formula is C38H28ClF5N4O4S. The van der Waals surface area contributed by atoms with Crippen molar-refractivity contribution in [1.29, 1.82) is 0 Å². The summed E-state index contributed by atoms with van der Waals surface area (Å²) in [6.45, 7) is 1.16. The second-order valence-electron chi connectivity index (χ2n) is 13.1. The lowest BCUT2D eigenvalue weighted by Crippen LogP contribution is -2.34. The van der Waals surface area contributed by atoms with Crippen LogP contribution in [-0.2, 0) is 27.4 Å². The largest absolute Gasteiger partial charge is 0.416 e. The molecule has 8 nitrogen and oxygen atoms in total. The number of primary amides is 1. The molecule has 0 spiro atoms. The highest BCUT2D eigenvalue weighted by atomic mass is 35.5. The summed E-state index contributed by atoms with van der Waals surface area (Å²) in [4.78, 5) is 25.5. The van der Waals surface area contributed by atoms with Gasteiger partial charge in [0.15, 0.2) is 0 Å². The maximum absolute atomic E-state index is 16.4. The second kappa shape index (κ2) is 13.3. The Bertz CT molecular complexity index is 2470. The minimum atomic E-state index is -5.05. The zero-order valence-electron chi connectivity index (χ0n) is 27.7. The first-order valence-electron chi connectivity index (χ1n) is 16.3. The van der Waals surface area contributed by atoms with E-state index in [1.807, 2.05) is 0 Å². The molecule has 5 aromatic rings. The van der Waals surface area contributed by atoms with E-state index in [0.717, 1.165) is 34.8 Å². The van der Waals surface area contributed by atoms with Crippen LogP contribution >= 0.6 is 11.6 Å². The molecule has 1 atom stereocenters. The minimum absolute atomic E-state index is 0.0210. The van der Waals surface area contributed by atoms with E-state index in [1.54, 1.807) is 41.9 Å². The van der Waals surface area contributed by atoms with Crippen molar-refractivity contribution in [3.8, 4) is 22.3 Å². The van der Waals surface area contributed by atoms with E-state index in [0.29, 0.717) is 17.2 Å². The second-order valence-corrected chi connectivity index (χ2v) is 15.3. The summed E-state index contributed by atoms with van der Waals surface area (Å²) < 4.78 is 104. The van der Waals surface area contributed by atoms with Crippen molar-refractivity contribution in [1.82, 2.24) is 14.1 Å². The number of nitrogens with zero attached hydrogens (tertiary/aromatic N) is 3. The lowest BCUT2D eigenvalue weighted by molar-refractivity contribution is -0.137. The molecular weight excluding hydrogens is 739 g/mol. The van der Waals surface area contributed by atoms with Crippen molar-refractivity contribution in [2.75, 3.05) is 6.54 Å². The average Bonchev–Trinajstić information content (AvgIpc) is 3.87. The summed E-state index contributed by atoms with van der Waals surface area (Å²) in [6.07, 6.45) is -0.438. The summed E-state index contributed by atoms with van der Waals surface area (Å²) in [5.41, 5.74) is 4.13. The molecule has 53 heavy (non-hydrogen) atoms. The van der Waals surface area contributed by atoms with Crippen LogP contribution in [0.4, 0.5) is 22.0 Å². The fraction of sp³-hybridized carbons (Fsp3) is 0.211. The zero-order valence-corrected chi connectivity index (χ0v) is 29.3. The van der Waals surface area contributed by atoms with Crippen molar-refractivity contribution in [3.05, 3.63) is 135 Å². The molecule has 4 aromatic carbocycles. The normalized spacial score (nSPS) is 16.2. The third kappa shape index (κ3) is 6.74. The Morgan fingerprint density at radius 3 is 2.36 bits per heavy atom. The number of carbonyl (C=O) groups is 1. The summed E-state index contributed by atoms with van der Waals surface area (Å²) in [6, 6.07) is 13.1. The summed E-state index contributed by atoms with van der Waals surface area (Å²) in [5, 5.41) is 4.39. The molecule has 1 amide bonds. The van der Waals surface area contributed by atoms with Gasteiger partial charge in [0, 0.05) is 41.2 Å². The predicted octanol–water partition coefficient (Wildman–Crippen LogP) is 8.00. The number of amides is 1. The Balaban J connectivity index is 1.57.